The van der Waals surface area contributed by atoms with Crippen LogP contribution in [0.5, 0.6) is 5.75 Å². The Morgan fingerprint density at radius 1 is 1.06 bits per heavy atom. The number of ether oxygens (including phenoxy) is 5. The lowest BCUT2D eigenvalue weighted by atomic mass is 9.83. The monoisotopic (exact) mass is 510 g/mol. The number of fused-ring (bicyclic) bond motifs is 3. The van der Waals surface area contributed by atoms with E-state index in [0.717, 1.165) is 6.08 Å². The van der Waals surface area contributed by atoms with Crippen LogP contribution in [0.3, 0.4) is 0 Å². The van der Waals surface area contributed by atoms with E-state index in [2.05, 4.69) is 0 Å². The zero-order valence-corrected chi connectivity index (χ0v) is 19.2. The van der Waals surface area contributed by atoms with Gasteiger partial charge in [0.05, 0.1) is 19.3 Å². The number of carbonyl (C=O) groups excluding carboxylic acids is 1. The molecule has 4 aliphatic rings. The van der Waals surface area contributed by atoms with E-state index in [0.29, 0.717) is 12.0 Å². The third-order valence-corrected chi connectivity index (χ3v) is 7.45. The third kappa shape index (κ3) is 4.53. The molecule has 12 nitrogen and oxygen atoms in total. The van der Waals surface area contributed by atoms with Crippen LogP contribution in [0.4, 0.5) is 0 Å². The molecule has 36 heavy (non-hydrogen) atoms. The Kier molecular flexibility index (Phi) is 7.07. The van der Waals surface area contributed by atoms with E-state index in [1.54, 1.807) is 12.1 Å². The van der Waals surface area contributed by atoms with Gasteiger partial charge in [-0.25, -0.2) is 4.79 Å². The van der Waals surface area contributed by atoms with E-state index >= 15 is 0 Å². The summed E-state index contributed by atoms with van der Waals surface area (Å²) in [5.74, 6) is -1.43. The summed E-state index contributed by atoms with van der Waals surface area (Å²) in [6.45, 7) is -0.518. The molecule has 0 aromatic heterocycles. The Bertz CT molecular complexity index is 968. The van der Waals surface area contributed by atoms with E-state index in [1.807, 2.05) is 0 Å². The van der Waals surface area contributed by atoms with E-state index in [1.165, 1.54) is 18.2 Å². The van der Waals surface area contributed by atoms with Crippen molar-refractivity contribution in [3.8, 4) is 5.75 Å². The van der Waals surface area contributed by atoms with Crippen LogP contribution >= 0.6 is 0 Å². The molecule has 6 N–H and O–H groups in total. The number of hydrogen-bond donors (Lipinski definition) is 6. The first-order valence-electron chi connectivity index (χ1n) is 11.8. The molecule has 0 amide bonds. The molecular formula is C24H30O12. The fourth-order valence-electron chi connectivity index (χ4n) is 5.45. The first kappa shape index (κ1) is 25.5. The number of phenols is 1. The minimum absolute atomic E-state index is 0.0879. The molecule has 0 unspecified atom stereocenters. The molecule has 5 rings (SSSR count). The number of hydrogen-bond acceptors (Lipinski definition) is 12. The lowest BCUT2D eigenvalue weighted by molar-refractivity contribution is -0.356. The van der Waals surface area contributed by atoms with Gasteiger partial charge in [0, 0.05) is 17.9 Å². The SMILES string of the molecule is O=C(/C=C/c1ccc(O)cc1)OC[C@H]1O[C@@H](O[C@@H]2OCC[C@H]3[C@H](O)[C@@H]4O[C@]4(CO)[C@@H]23)[C@H](O)[C@@H](O)[C@@H]1O. The van der Waals surface area contributed by atoms with Gasteiger partial charge in [-0.1, -0.05) is 12.1 Å². The largest absolute Gasteiger partial charge is 0.508 e. The van der Waals surface area contributed by atoms with Crippen LogP contribution in [-0.4, -0.2) is 111 Å². The highest BCUT2D eigenvalue weighted by Crippen LogP contribution is 2.60. The number of rotatable bonds is 7. The van der Waals surface area contributed by atoms with Gasteiger partial charge in [0.2, 0.25) is 0 Å². The Morgan fingerprint density at radius 2 is 1.81 bits per heavy atom. The van der Waals surface area contributed by atoms with Crippen LogP contribution in [0.25, 0.3) is 6.08 Å². The molecule has 1 aromatic carbocycles. The summed E-state index contributed by atoms with van der Waals surface area (Å²) >= 11 is 0. The summed E-state index contributed by atoms with van der Waals surface area (Å²) in [5.41, 5.74) is -0.359. The van der Waals surface area contributed by atoms with Gasteiger partial charge in [0.1, 0.15) is 48.5 Å². The quantitative estimate of drug-likeness (QED) is 0.138. The number of esters is 1. The molecule has 1 aromatic rings. The lowest BCUT2D eigenvalue weighted by Crippen LogP contribution is -2.61. The van der Waals surface area contributed by atoms with Gasteiger partial charge in [-0.3, -0.25) is 0 Å². The fraction of sp³-hybridized carbons (Fsp3) is 0.625. The fourth-order valence-corrected chi connectivity index (χ4v) is 5.45. The normalized spacial score (nSPS) is 43.7. The van der Waals surface area contributed by atoms with Crippen LogP contribution in [0.2, 0.25) is 0 Å². The van der Waals surface area contributed by atoms with Crippen molar-refractivity contribution in [1.82, 2.24) is 0 Å². The topological polar surface area (TPSA) is 188 Å². The Labute approximate surface area is 206 Å². The number of carbonyl (C=O) groups is 1. The van der Waals surface area contributed by atoms with E-state index < -0.39 is 73.3 Å². The highest BCUT2D eigenvalue weighted by Gasteiger charge is 2.75. The standard InChI is InChI=1S/C24H30O12/c25-10-24-16-13(17(28)21(24)36-24)7-8-32-22(16)35-23-20(31)19(30)18(29)14(34-23)9-33-15(27)6-3-11-1-4-12(26)5-2-11/h1-6,13-14,16-23,25-26,28-31H,7-10H2/b6-3+/t13-,14-,16-,17+,18-,19+,20-,21+,22+,23+,24-/m1/s1. The van der Waals surface area contributed by atoms with E-state index in [9.17, 15) is 35.4 Å². The van der Waals surface area contributed by atoms with Crippen molar-refractivity contribution in [3.63, 3.8) is 0 Å². The van der Waals surface area contributed by atoms with Crippen molar-refractivity contribution in [2.24, 2.45) is 11.8 Å². The molecule has 1 saturated carbocycles. The van der Waals surface area contributed by atoms with Crippen LogP contribution in [0.1, 0.15) is 12.0 Å². The maximum atomic E-state index is 12.1. The number of epoxide rings is 1. The second-order valence-electron chi connectivity index (χ2n) is 9.57. The van der Waals surface area contributed by atoms with Gasteiger partial charge in [0.25, 0.3) is 0 Å². The van der Waals surface area contributed by atoms with Crippen LogP contribution < -0.4 is 0 Å². The molecule has 4 fully saturated rings. The smallest absolute Gasteiger partial charge is 0.330 e. The number of phenolic OH excluding ortho intramolecular Hbond substituents is 1. The van der Waals surface area contributed by atoms with Gasteiger partial charge in [0.15, 0.2) is 12.6 Å². The van der Waals surface area contributed by atoms with Crippen LogP contribution in [-0.2, 0) is 28.5 Å². The molecular weight excluding hydrogens is 480 g/mol. The zero-order chi connectivity index (χ0) is 25.6. The van der Waals surface area contributed by atoms with Crippen molar-refractivity contribution >= 4 is 12.0 Å². The Morgan fingerprint density at radius 3 is 2.53 bits per heavy atom. The highest BCUT2D eigenvalue weighted by molar-refractivity contribution is 5.87. The molecule has 0 spiro atoms. The number of aliphatic hydroxyl groups excluding tert-OH is 5. The third-order valence-electron chi connectivity index (χ3n) is 7.45. The van der Waals surface area contributed by atoms with Gasteiger partial charge in [-0.05, 0) is 30.2 Å². The second kappa shape index (κ2) is 9.97. The number of aliphatic hydroxyl groups is 5. The predicted octanol–water partition coefficient (Wildman–Crippen LogP) is -1.74. The lowest BCUT2D eigenvalue weighted by Gasteiger charge is -2.44. The van der Waals surface area contributed by atoms with Crippen molar-refractivity contribution in [1.29, 1.82) is 0 Å². The van der Waals surface area contributed by atoms with E-state index in [4.69, 9.17) is 23.7 Å². The minimum atomic E-state index is -1.66. The average Bonchev–Trinajstić information content (AvgIpc) is 3.57. The maximum Gasteiger partial charge on any atom is 0.330 e. The maximum absolute atomic E-state index is 12.1. The zero-order valence-electron chi connectivity index (χ0n) is 19.2. The predicted molar refractivity (Wildman–Crippen MR) is 118 cm³/mol. The van der Waals surface area contributed by atoms with E-state index in [-0.39, 0.29) is 24.9 Å². The second-order valence-corrected chi connectivity index (χ2v) is 9.57. The van der Waals surface area contributed by atoms with Gasteiger partial charge < -0.3 is 54.3 Å². The Hall–Kier alpha value is -2.13. The molecule has 12 heteroatoms. The van der Waals surface area contributed by atoms with Crippen LogP contribution in [0.15, 0.2) is 30.3 Å². The van der Waals surface area contributed by atoms with Gasteiger partial charge in [-0.2, -0.15) is 0 Å². The van der Waals surface area contributed by atoms with Gasteiger partial charge >= 0.3 is 5.97 Å². The van der Waals surface area contributed by atoms with Crippen molar-refractivity contribution in [2.75, 3.05) is 19.8 Å². The summed E-state index contributed by atoms with van der Waals surface area (Å²) in [6, 6.07) is 6.13. The first-order valence-corrected chi connectivity index (χ1v) is 11.8. The molecule has 198 valence electrons. The molecule has 11 atom stereocenters. The van der Waals surface area contributed by atoms with Crippen molar-refractivity contribution < 1.29 is 59.1 Å². The minimum Gasteiger partial charge on any atom is -0.508 e. The molecule has 1 aliphatic carbocycles. The summed E-state index contributed by atoms with van der Waals surface area (Å²) in [7, 11) is 0. The molecule has 3 saturated heterocycles. The summed E-state index contributed by atoms with van der Waals surface area (Å²) < 4.78 is 27.9. The van der Waals surface area contributed by atoms with Crippen LogP contribution in [0, 0.1) is 11.8 Å². The Balaban J connectivity index is 1.21. The first-order chi connectivity index (χ1) is 17.2. The van der Waals surface area contributed by atoms with Gasteiger partial charge in [-0.15, -0.1) is 0 Å². The summed E-state index contributed by atoms with van der Waals surface area (Å²) in [4.78, 5) is 12.1. The summed E-state index contributed by atoms with van der Waals surface area (Å²) in [6.07, 6.45) is -6.70. The average molecular weight is 510 g/mol. The summed E-state index contributed by atoms with van der Waals surface area (Å²) in [5, 5.41) is 60.9. The number of aromatic hydroxyl groups is 1. The molecule has 0 bridgehead atoms. The van der Waals surface area contributed by atoms with Crippen molar-refractivity contribution in [2.45, 2.75) is 61.2 Å². The molecule has 0 radical (unpaired) electrons. The molecule has 3 aliphatic heterocycles. The van der Waals surface area contributed by atoms with Crippen molar-refractivity contribution in [3.05, 3.63) is 35.9 Å². The molecule has 3 heterocycles. The number of benzene rings is 1. The highest BCUT2D eigenvalue weighted by atomic mass is 16.8.